The van der Waals surface area contributed by atoms with Crippen molar-refractivity contribution in [2.45, 2.75) is 41.0 Å². The van der Waals surface area contributed by atoms with Crippen molar-refractivity contribution >= 4 is 0 Å². The fraction of sp³-hybridized carbons (Fsp3) is 1.00. The maximum Gasteiger partial charge on any atom is 0.0459 e. The van der Waals surface area contributed by atoms with E-state index in [1.807, 2.05) is 0 Å². The summed E-state index contributed by atoms with van der Waals surface area (Å²) in [5.41, 5.74) is 0.330. The molecule has 0 saturated heterocycles. The van der Waals surface area contributed by atoms with Crippen LogP contribution in [0, 0.1) is 17.3 Å². The zero-order chi connectivity index (χ0) is 9.07. The van der Waals surface area contributed by atoms with E-state index in [1.165, 1.54) is 0 Å². The number of hydrogen-bond donors (Lipinski definition) is 1. The van der Waals surface area contributed by atoms with Gasteiger partial charge < -0.3 is 5.11 Å². The quantitative estimate of drug-likeness (QED) is 0.669. The summed E-state index contributed by atoms with van der Waals surface area (Å²) in [6.45, 7) is 11.4. The summed E-state index contributed by atoms with van der Waals surface area (Å²) in [5.74, 6) is 1.06. The molecule has 2 atom stereocenters. The summed E-state index contributed by atoms with van der Waals surface area (Å²) in [4.78, 5) is 0. The smallest absolute Gasteiger partial charge is 0.0459 e. The Morgan fingerprint density at radius 1 is 1.27 bits per heavy atom. The van der Waals surface area contributed by atoms with Gasteiger partial charge in [0.05, 0.1) is 0 Å². The molecule has 11 heavy (non-hydrogen) atoms. The van der Waals surface area contributed by atoms with Crippen LogP contribution in [0.2, 0.25) is 0 Å². The molecule has 0 aromatic heterocycles. The van der Waals surface area contributed by atoms with Crippen LogP contribution < -0.4 is 0 Å². The molecule has 0 aromatic carbocycles. The molecule has 0 fully saturated rings. The summed E-state index contributed by atoms with van der Waals surface area (Å²) in [5, 5.41) is 9.00. The van der Waals surface area contributed by atoms with Gasteiger partial charge in [0.1, 0.15) is 0 Å². The van der Waals surface area contributed by atoms with Gasteiger partial charge in [-0.25, -0.2) is 0 Å². The SMILES string of the molecule is CCC(C(C)CO)C(C)(C)C. The van der Waals surface area contributed by atoms with E-state index >= 15 is 0 Å². The molecule has 0 aliphatic heterocycles. The summed E-state index contributed by atoms with van der Waals surface area (Å²) in [7, 11) is 0. The Kier molecular flexibility index (Phi) is 4.09. The Morgan fingerprint density at radius 3 is 1.82 bits per heavy atom. The first-order valence-electron chi connectivity index (χ1n) is 4.54. The molecule has 2 unspecified atom stereocenters. The molecule has 68 valence electrons. The van der Waals surface area contributed by atoms with Crippen molar-refractivity contribution in [1.29, 1.82) is 0 Å². The summed E-state index contributed by atoms with van der Waals surface area (Å²) in [6.07, 6.45) is 1.16. The van der Waals surface area contributed by atoms with Gasteiger partial charge >= 0.3 is 0 Å². The van der Waals surface area contributed by atoms with Gasteiger partial charge in [-0.05, 0) is 17.3 Å². The average Bonchev–Trinajstić information content (AvgIpc) is 1.86. The lowest BCUT2D eigenvalue weighted by molar-refractivity contribution is 0.106. The molecule has 0 spiro atoms. The predicted molar refractivity (Wildman–Crippen MR) is 49.5 cm³/mol. The van der Waals surface area contributed by atoms with E-state index in [9.17, 15) is 0 Å². The molecule has 0 amide bonds. The minimum absolute atomic E-state index is 0.315. The molecule has 0 aromatic rings. The number of aliphatic hydroxyl groups is 1. The lowest BCUT2D eigenvalue weighted by atomic mass is 9.72. The van der Waals surface area contributed by atoms with Crippen LogP contribution in [0.4, 0.5) is 0 Å². The first-order chi connectivity index (χ1) is 4.93. The van der Waals surface area contributed by atoms with Gasteiger partial charge in [0.25, 0.3) is 0 Å². The Labute approximate surface area is 70.8 Å². The summed E-state index contributed by atoms with van der Waals surface area (Å²) in [6, 6.07) is 0. The topological polar surface area (TPSA) is 20.2 Å². The van der Waals surface area contributed by atoms with Gasteiger partial charge in [-0.1, -0.05) is 41.0 Å². The van der Waals surface area contributed by atoms with Crippen molar-refractivity contribution in [1.82, 2.24) is 0 Å². The van der Waals surface area contributed by atoms with E-state index in [1.54, 1.807) is 0 Å². The van der Waals surface area contributed by atoms with Crippen molar-refractivity contribution < 1.29 is 5.11 Å². The van der Waals surface area contributed by atoms with Gasteiger partial charge in [0.15, 0.2) is 0 Å². The van der Waals surface area contributed by atoms with E-state index < -0.39 is 0 Å². The van der Waals surface area contributed by atoms with Crippen molar-refractivity contribution in [3.05, 3.63) is 0 Å². The lowest BCUT2D eigenvalue weighted by Crippen LogP contribution is -2.28. The number of rotatable bonds is 3. The van der Waals surface area contributed by atoms with Gasteiger partial charge in [-0.15, -0.1) is 0 Å². The van der Waals surface area contributed by atoms with Crippen LogP contribution in [0.25, 0.3) is 0 Å². The highest BCUT2D eigenvalue weighted by Crippen LogP contribution is 2.34. The van der Waals surface area contributed by atoms with Crippen LogP contribution in [-0.2, 0) is 0 Å². The molecule has 0 saturated carbocycles. The van der Waals surface area contributed by atoms with Crippen molar-refractivity contribution in [3.63, 3.8) is 0 Å². The third-order valence-corrected chi connectivity index (χ3v) is 2.53. The van der Waals surface area contributed by atoms with E-state index in [2.05, 4.69) is 34.6 Å². The summed E-state index contributed by atoms with van der Waals surface area (Å²) >= 11 is 0. The van der Waals surface area contributed by atoms with E-state index in [0.29, 0.717) is 23.9 Å². The average molecular weight is 158 g/mol. The molecular formula is C10H22O. The zero-order valence-electron chi connectivity index (χ0n) is 8.52. The molecule has 0 aliphatic rings. The molecule has 1 nitrogen and oxygen atoms in total. The number of aliphatic hydroxyl groups excluding tert-OH is 1. The van der Waals surface area contributed by atoms with E-state index in [4.69, 9.17) is 5.11 Å². The van der Waals surface area contributed by atoms with Crippen molar-refractivity contribution in [2.75, 3.05) is 6.61 Å². The molecule has 0 aliphatic carbocycles. The second-order valence-corrected chi connectivity index (χ2v) is 4.54. The molecule has 0 rings (SSSR count). The minimum atomic E-state index is 0.315. The largest absolute Gasteiger partial charge is 0.396 e. The lowest BCUT2D eigenvalue weighted by Gasteiger charge is -2.33. The highest BCUT2D eigenvalue weighted by molar-refractivity contribution is 4.76. The maximum absolute atomic E-state index is 9.00. The molecule has 1 heteroatoms. The second kappa shape index (κ2) is 4.10. The van der Waals surface area contributed by atoms with Gasteiger partial charge in [-0.3, -0.25) is 0 Å². The second-order valence-electron chi connectivity index (χ2n) is 4.54. The molecule has 0 radical (unpaired) electrons. The third kappa shape index (κ3) is 3.24. The zero-order valence-corrected chi connectivity index (χ0v) is 8.52. The molecule has 1 N–H and O–H groups in total. The van der Waals surface area contributed by atoms with Crippen LogP contribution in [-0.4, -0.2) is 11.7 Å². The normalized spacial score (nSPS) is 18.0. The van der Waals surface area contributed by atoms with E-state index in [0.717, 1.165) is 6.42 Å². The van der Waals surface area contributed by atoms with Crippen molar-refractivity contribution in [3.8, 4) is 0 Å². The number of hydrogen-bond acceptors (Lipinski definition) is 1. The maximum atomic E-state index is 9.00. The molecule has 0 bridgehead atoms. The van der Waals surface area contributed by atoms with Crippen molar-refractivity contribution in [2.24, 2.45) is 17.3 Å². The van der Waals surface area contributed by atoms with Gasteiger partial charge in [0, 0.05) is 6.61 Å². The standard InChI is InChI=1S/C10H22O/c1-6-9(8(2)7-11)10(3,4)5/h8-9,11H,6-7H2,1-5H3. The highest BCUT2D eigenvalue weighted by atomic mass is 16.3. The molecule has 0 heterocycles. The first-order valence-corrected chi connectivity index (χ1v) is 4.54. The Balaban J connectivity index is 4.16. The Bertz CT molecular complexity index is 102. The highest BCUT2D eigenvalue weighted by Gasteiger charge is 2.27. The fourth-order valence-corrected chi connectivity index (χ4v) is 2.00. The first kappa shape index (κ1) is 11.0. The Morgan fingerprint density at radius 2 is 1.73 bits per heavy atom. The van der Waals surface area contributed by atoms with E-state index in [-0.39, 0.29) is 0 Å². The van der Waals surface area contributed by atoms with Crippen LogP contribution in [0.1, 0.15) is 41.0 Å². The van der Waals surface area contributed by atoms with Crippen LogP contribution in [0.3, 0.4) is 0 Å². The van der Waals surface area contributed by atoms with Crippen LogP contribution in [0.5, 0.6) is 0 Å². The van der Waals surface area contributed by atoms with Crippen LogP contribution in [0.15, 0.2) is 0 Å². The van der Waals surface area contributed by atoms with Gasteiger partial charge in [0.2, 0.25) is 0 Å². The monoisotopic (exact) mass is 158 g/mol. The predicted octanol–water partition coefficient (Wildman–Crippen LogP) is 2.69. The van der Waals surface area contributed by atoms with Crippen LogP contribution >= 0.6 is 0 Å². The Hall–Kier alpha value is -0.0400. The van der Waals surface area contributed by atoms with Gasteiger partial charge in [-0.2, -0.15) is 0 Å². The molecular weight excluding hydrogens is 136 g/mol. The fourth-order valence-electron chi connectivity index (χ4n) is 2.00. The summed E-state index contributed by atoms with van der Waals surface area (Å²) < 4.78 is 0. The minimum Gasteiger partial charge on any atom is -0.396 e. The third-order valence-electron chi connectivity index (χ3n) is 2.53.